The number of benzene rings is 1. The minimum atomic E-state index is 0.707. The van der Waals surface area contributed by atoms with Crippen LogP contribution in [-0.4, -0.2) is 9.55 Å². The lowest BCUT2D eigenvalue weighted by molar-refractivity contribution is 0.812. The third-order valence-electron chi connectivity index (χ3n) is 2.29. The maximum absolute atomic E-state index is 4.26. The molecule has 5 heteroatoms. The molecule has 2 aromatic rings. The predicted molar refractivity (Wildman–Crippen MR) is 72.4 cm³/mol. The Morgan fingerprint density at radius 2 is 2.19 bits per heavy atom. The van der Waals surface area contributed by atoms with Crippen LogP contribution in [0.3, 0.4) is 0 Å². The Balaban J connectivity index is 2.10. The first-order valence-electron chi connectivity index (χ1n) is 4.82. The van der Waals surface area contributed by atoms with Crippen molar-refractivity contribution in [2.24, 2.45) is 7.05 Å². The third-order valence-corrected chi connectivity index (χ3v) is 3.47. The molecule has 1 aromatic carbocycles. The molecular formula is C11H11Br2N3. The Kier molecular flexibility index (Phi) is 3.66. The van der Waals surface area contributed by atoms with Gasteiger partial charge in [0, 0.05) is 34.1 Å². The van der Waals surface area contributed by atoms with E-state index in [9.17, 15) is 0 Å². The summed E-state index contributed by atoms with van der Waals surface area (Å²) in [6.07, 6.45) is 3.74. The van der Waals surface area contributed by atoms with Crippen LogP contribution in [0.4, 0.5) is 5.69 Å². The SMILES string of the molecule is Cn1ccnc1CNc1cc(Br)ccc1Br. The van der Waals surface area contributed by atoms with Crippen LogP contribution in [0, 0.1) is 0 Å². The number of halogens is 2. The molecule has 0 amide bonds. The molecule has 0 saturated heterocycles. The van der Waals surface area contributed by atoms with Crippen molar-refractivity contribution < 1.29 is 0 Å². The van der Waals surface area contributed by atoms with Crippen LogP contribution in [0.25, 0.3) is 0 Å². The number of hydrogen-bond donors (Lipinski definition) is 1. The van der Waals surface area contributed by atoms with Crippen LogP contribution in [0.5, 0.6) is 0 Å². The summed E-state index contributed by atoms with van der Waals surface area (Å²) in [5.41, 5.74) is 1.05. The van der Waals surface area contributed by atoms with Gasteiger partial charge in [-0.1, -0.05) is 15.9 Å². The molecule has 0 bridgehead atoms. The Morgan fingerprint density at radius 3 is 2.88 bits per heavy atom. The minimum absolute atomic E-state index is 0.707. The van der Waals surface area contributed by atoms with E-state index >= 15 is 0 Å². The van der Waals surface area contributed by atoms with E-state index in [1.165, 1.54) is 0 Å². The zero-order valence-corrected chi connectivity index (χ0v) is 11.9. The monoisotopic (exact) mass is 343 g/mol. The highest BCUT2D eigenvalue weighted by molar-refractivity contribution is 9.11. The summed E-state index contributed by atoms with van der Waals surface area (Å²) >= 11 is 6.95. The largest absolute Gasteiger partial charge is 0.377 e. The molecule has 0 atom stereocenters. The summed E-state index contributed by atoms with van der Waals surface area (Å²) in [6, 6.07) is 6.04. The maximum atomic E-state index is 4.26. The molecule has 3 nitrogen and oxygen atoms in total. The zero-order valence-electron chi connectivity index (χ0n) is 8.74. The van der Waals surface area contributed by atoms with Crippen molar-refractivity contribution in [3.8, 4) is 0 Å². The smallest absolute Gasteiger partial charge is 0.127 e. The summed E-state index contributed by atoms with van der Waals surface area (Å²) in [6.45, 7) is 0.707. The van der Waals surface area contributed by atoms with Crippen molar-refractivity contribution in [1.29, 1.82) is 0 Å². The first-order valence-corrected chi connectivity index (χ1v) is 6.40. The Hall–Kier alpha value is -0.810. The zero-order chi connectivity index (χ0) is 11.5. The fourth-order valence-electron chi connectivity index (χ4n) is 1.37. The van der Waals surface area contributed by atoms with Gasteiger partial charge >= 0.3 is 0 Å². The normalized spacial score (nSPS) is 10.4. The molecule has 0 radical (unpaired) electrons. The van der Waals surface area contributed by atoms with Gasteiger partial charge < -0.3 is 9.88 Å². The number of rotatable bonds is 3. The fraction of sp³-hybridized carbons (Fsp3) is 0.182. The lowest BCUT2D eigenvalue weighted by Crippen LogP contribution is -2.05. The molecule has 2 rings (SSSR count). The standard InChI is InChI=1S/C11H11Br2N3/c1-16-5-4-14-11(16)7-15-10-6-8(12)2-3-9(10)13/h2-6,15H,7H2,1H3. The molecule has 0 aliphatic carbocycles. The van der Waals surface area contributed by atoms with Gasteiger partial charge in [0.05, 0.1) is 6.54 Å². The number of nitrogens with zero attached hydrogens (tertiary/aromatic N) is 2. The van der Waals surface area contributed by atoms with Crippen LogP contribution in [-0.2, 0) is 13.6 Å². The number of nitrogens with one attached hydrogen (secondary N) is 1. The highest BCUT2D eigenvalue weighted by Crippen LogP contribution is 2.26. The first-order chi connectivity index (χ1) is 7.66. The number of anilines is 1. The summed E-state index contributed by atoms with van der Waals surface area (Å²) in [5.74, 6) is 1.01. The molecule has 1 aromatic heterocycles. The van der Waals surface area contributed by atoms with Crippen LogP contribution in [0.1, 0.15) is 5.82 Å². The molecule has 1 heterocycles. The van der Waals surface area contributed by atoms with Crippen molar-refractivity contribution in [2.75, 3.05) is 5.32 Å². The van der Waals surface area contributed by atoms with Crippen molar-refractivity contribution in [3.63, 3.8) is 0 Å². The van der Waals surface area contributed by atoms with Gasteiger partial charge in [0.2, 0.25) is 0 Å². The Labute approximate surface area is 111 Å². The lowest BCUT2D eigenvalue weighted by Gasteiger charge is -2.08. The highest BCUT2D eigenvalue weighted by atomic mass is 79.9. The van der Waals surface area contributed by atoms with E-state index in [1.54, 1.807) is 6.20 Å². The maximum Gasteiger partial charge on any atom is 0.127 e. The highest BCUT2D eigenvalue weighted by Gasteiger charge is 2.02. The fourth-order valence-corrected chi connectivity index (χ4v) is 2.12. The number of hydrogen-bond acceptors (Lipinski definition) is 2. The Bertz CT molecular complexity index is 494. The van der Waals surface area contributed by atoms with Gasteiger partial charge in [-0.2, -0.15) is 0 Å². The average Bonchev–Trinajstić information content (AvgIpc) is 2.66. The van der Waals surface area contributed by atoms with Gasteiger partial charge in [-0.05, 0) is 34.1 Å². The summed E-state index contributed by atoms with van der Waals surface area (Å²) in [7, 11) is 1.99. The quantitative estimate of drug-likeness (QED) is 0.922. The average molecular weight is 345 g/mol. The van der Waals surface area contributed by atoms with Crippen LogP contribution < -0.4 is 5.32 Å². The summed E-state index contributed by atoms with van der Waals surface area (Å²) in [5, 5.41) is 3.34. The molecule has 84 valence electrons. The van der Waals surface area contributed by atoms with E-state index in [-0.39, 0.29) is 0 Å². The van der Waals surface area contributed by atoms with Crippen molar-refractivity contribution in [3.05, 3.63) is 45.4 Å². The molecular weight excluding hydrogens is 334 g/mol. The second-order valence-electron chi connectivity index (χ2n) is 3.43. The summed E-state index contributed by atoms with van der Waals surface area (Å²) < 4.78 is 4.10. The van der Waals surface area contributed by atoms with E-state index < -0.39 is 0 Å². The van der Waals surface area contributed by atoms with E-state index in [4.69, 9.17) is 0 Å². The first kappa shape index (κ1) is 11.7. The molecule has 16 heavy (non-hydrogen) atoms. The minimum Gasteiger partial charge on any atom is -0.377 e. The van der Waals surface area contributed by atoms with E-state index in [1.807, 2.05) is 36.0 Å². The van der Waals surface area contributed by atoms with Crippen molar-refractivity contribution >= 4 is 37.5 Å². The van der Waals surface area contributed by atoms with Gasteiger partial charge in [0.1, 0.15) is 5.82 Å². The van der Waals surface area contributed by atoms with Crippen LogP contribution in [0.15, 0.2) is 39.5 Å². The number of imidazole rings is 1. The molecule has 0 unspecified atom stereocenters. The van der Waals surface area contributed by atoms with Crippen LogP contribution in [0.2, 0.25) is 0 Å². The van der Waals surface area contributed by atoms with Gasteiger partial charge in [-0.3, -0.25) is 0 Å². The van der Waals surface area contributed by atoms with E-state index in [0.29, 0.717) is 6.54 Å². The van der Waals surface area contributed by atoms with Gasteiger partial charge in [-0.25, -0.2) is 4.98 Å². The molecule has 1 N–H and O–H groups in total. The Morgan fingerprint density at radius 1 is 1.38 bits per heavy atom. The lowest BCUT2D eigenvalue weighted by atomic mass is 10.3. The van der Waals surface area contributed by atoms with E-state index in [2.05, 4.69) is 42.2 Å². The number of aryl methyl sites for hydroxylation is 1. The van der Waals surface area contributed by atoms with Crippen LogP contribution >= 0.6 is 31.9 Å². The topological polar surface area (TPSA) is 29.9 Å². The van der Waals surface area contributed by atoms with Crippen molar-refractivity contribution in [2.45, 2.75) is 6.54 Å². The van der Waals surface area contributed by atoms with Gasteiger partial charge in [-0.15, -0.1) is 0 Å². The molecule has 0 saturated carbocycles. The second-order valence-corrected chi connectivity index (χ2v) is 5.20. The predicted octanol–water partition coefficient (Wildman–Crippen LogP) is 3.56. The molecule has 0 aliphatic heterocycles. The third kappa shape index (κ3) is 2.65. The molecule has 0 fully saturated rings. The molecule has 0 aliphatic rings. The number of aromatic nitrogens is 2. The molecule has 0 spiro atoms. The second kappa shape index (κ2) is 5.01. The van der Waals surface area contributed by atoms with Gasteiger partial charge in [0.25, 0.3) is 0 Å². The van der Waals surface area contributed by atoms with Gasteiger partial charge in [0.15, 0.2) is 0 Å². The van der Waals surface area contributed by atoms with Crippen molar-refractivity contribution in [1.82, 2.24) is 9.55 Å². The summed E-state index contributed by atoms with van der Waals surface area (Å²) in [4.78, 5) is 4.26. The van der Waals surface area contributed by atoms with E-state index in [0.717, 1.165) is 20.5 Å².